The topological polar surface area (TPSA) is 86.3 Å². The van der Waals surface area contributed by atoms with Gasteiger partial charge in [0.25, 0.3) is 0 Å². The van der Waals surface area contributed by atoms with Crippen molar-refractivity contribution in [1.29, 1.82) is 0 Å². The molecule has 0 saturated heterocycles. The number of carbonyl (C=O) groups excluding carboxylic acids is 2. The van der Waals surface area contributed by atoms with Crippen LogP contribution in [0, 0.1) is 0 Å². The molecule has 1 aliphatic heterocycles. The summed E-state index contributed by atoms with van der Waals surface area (Å²) in [5, 5.41) is 3.53. The summed E-state index contributed by atoms with van der Waals surface area (Å²) in [5.41, 5.74) is 2.47. The maximum atomic E-state index is 13.5. The number of nitrogens with one attached hydrogen (secondary N) is 1. The van der Waals surface area contributed by atoms with Crippen molar-refractivity contribution >= 4 is 23.4 Å². The van der Waals surface area contributed by atoms with Gasteiger partial charge in [0, 0.05) is 18.1 Å². The molecule has 1 N–H and O–H groups in total. The molecule has 0 bridgehead atoms. The lowest BCUT2D eigenvalue weighted by Gasteiger charge is -2.29. The van der Waals surface area contributed by atoms with Crippen molar-refractivity contribution in [3.05, 3.63) is 82.4 Å². The van der Waals surface area contributed by atoms with Crippen molar-refractivity contribution in [3.63, 3.8) is 0 Å². The van der Waals surface area contributed by atoms with E-state index in [1.807, 2.05) is 36.4 Å². The van der Waals surface area contributed by atoms with Gasteiger partial charge in [-0.05, 0) is 60.0 Å². The number of hydrogen-bond acceptors (Lipinski definition) is 6. The monoisotopic (exact) mass is 524 g/mol. The minimum Gasteiger partial charge on any atom is -0.493 e. The molecule has 0 fully saturated rings. The van der Waals surface area contributed by atoms with E-state index >= 15 is 0 Å². The minimum absolute atomic E-state index is 0.0910. The van der Waals surface area contributed by atoms with E-state index < -0.39 is 6.04 Å². The number of nitrogens with zero attached hydrogens (tertiary/aromatic N) is 1. The Kier molecular flexibility index (Phi) is 8.40. The first-order valence-corrected chi connectivity index (χ1v) is 12.2. The molecule has 194 valence electrons. The van der Waals surface area contributed by atoms with Gasteiger partial charge in [-0.1, -0.05) is 35.9 Å². The smallest absolute Gasteiger partial charge is 0.242 e. The second-order valence-corrected chi connectivity index (χ2v) is 9.03. The number of ether oxygens (including phenoxy) is 4. The minimum atomic E-state index is -0.725. The second-order valence-electron chi connectivity index (χ2n) is 8.60. The van der Waals surface area contributed by atoms with Crippen molar-refractivity contribution in [2.75, 3.05) is 21.0 Å². The molecule has 0 radical (unpaired) electrons. The highest BCUT2D eigenvalue weighted by atomic mass is 35.5. The fraction of sp³-hybridized carbons (Fsp3) is 0.286. The molecule has 0 unspecified atom stereocenters. The first kappa shape index (κ1) is 26.2. The van der Waals surface area contributed by atoms with Crippen LogP contribution in [0.15, 0.2) is 60.7 Å². The van der Waals surface area contributed by atoms with Gasteiger partial charge in [-0.25, -0.2) is 0 Å². The van der Waals surface area contributed by atoms with Crippen LogP contribution in [0.5, 0.6) is 23.0 Å². The van der Waals surface area contributed by atoms with E-state index in [0.717, 1.165) is 16.7 Å². The van der Waals surface area contributed by atoms with E-state index in [0.29, 0.717) is 34.6 Å². The molecular formula is C28H29ClN2O6. The van der Waals surface area contributed by atoms with E-state index in [4.69, 9.17) is 30.5 Å². The number of amides is 2. The average Bonchev–Trinajstić information content (AvgIpc) is 3.39. The maximum Gasteiger partial charge on any atom is 0.242 e. The number of benzene rings is 3. The molecule has 1 aliphatic rings. The first-order valence-electron chi connectivity index (χ1n) is 11.8. The van der Waals surface area contributed by atoms with Gasteiger partial charge < -0.3 is 29.2 Å². The van der Waals surface area contributed by atoms with E-state index in [-0.39, 0.29) is 31.6 Å². The number of halogens is 1. The van der Waals surface area contributed by atoms with Crippen molar-refractivity contribution in [3.8, 4) is 23.0 Å². The highest BCUT2D eigenvalue weighted by Gasteiger charge is 2.26. The Morgan fingerprint density at radius 2 is 1.59 bits per heavy atom. The predicted octanol–water partition coefficient (Wildman–Crippen LogP) is 4.36. The Labute approximate surface area is 221 Å². The normalized spacial score (nSPS) is 12.5. The summed E-state index contributed by atoms with van der Waals surface area (Å²) < 4.78 is 21.4. The van der Waals surface area contributed by atoms with Crippen LogP contribution >= 0.6 is 11.6 Å². The summed E-state index contributed by atoms with van der Waals surface area (Å²) in [6.45, 7) is 2.45. The van der Waals surface area contributed by atoms with Crippen LogP contribution in [0.4, 0.5) is 0 Å². The van der Waals surface area contributed by atoms with Crippen LogP contribution in [0.25, 0.3) is 0 Å². The van der Waals surface area contributed by atoms with Gasteiger partial charge in [-0.3, -0.25) is 9.59 Å². The number of carbonyl (C=O) groups is 2. The average molecular weight is 525 g/mol. The molecular weight excluding hydrogens is 496 g/mol. The fourth-order valence-corrected chi connectivity index (χ4v) is 4.15. The quantitative estimate of drug-likeness (QED) is 0.424. The lowest BCUT2D eigenvalue weighted by atomic mass is 10.1. The van der Waals surface area contributed by atoms with Gasteiger partial charge in [-0.2, -0.15) is 0 Å². The van der Waals surface area contributed by atoms with E-state index in [1.54, 1.807) is 50.3 Å². The Morgan fingerprint density at radius 3 is 2.32 bits per heavy atom. The highest BCUT2D eigenvalue weighted by molar-refractivity contribution is 6.30. The highest BCUT2D eigenvalue weighted by Crippen LogP contribution is 2.32. The zero-order valence-corrected chi connectivity index (χ0v) is 21.7. The van der Waals surface area contributed by atoms with Crippen LogP contribution in [0.2, 0.25) is 5.02 Å². The predicted molar refractivity (Wildman–Crippen MR) is 139 cm³/mol. The summed E-state index contributed by atoms with van der Waals surface area (Å²) in [4.78, 5) is 28.2. The molecule has 0 aromatic heterocycles. The summed E-state index contributed by atoms with van der Waals surface area (Å²) >= 11 is 6.04. The lowest BCUT2D eigenvalue weighted by molar-refractivity contribution is -0.140. The molecule has 3 aromatic carbocycles. The van der Waals surface area contributed by atoms with Crippen LogP contribution in [-0.2, 0) is 29.1 Å². The number of fused-ring (bicyclic) bond motifs is 1. The number of methoxy groups -OCH3 is 2. The molecule has 3 aromatic rings. The van der Waals surface area contributed by atoms with Crippen molar-refractivity contribution in [2.24, 2.45) is 0 Å². The first-order chi connectivity index (χ1) is 17.9. The zero-order valence-electron chi connectivity index (χ0n) is 21.0. The molecule has 8 nitrogen and oxygen atoms in total. The lowest BCUT2D eigenvalue weighted by Crippen LogP contribution is -2.48. The SMILES string of the molecule is COc1ccc(CC(=O)N(Cc2ccc(Cl)cc2)[C@H](C)C(=O)NCc2ccc3c(c2)OCO3)cc1OC. The third-order valence-electron chi connectivity index (χ3n) is 6.14. The van der Waals surface area contributed by atoms with Crippen LogP contribution in [0.1, 0.15) is 23.6 Å². The van der Waals surface area contributed by atoms with Gasteiger partial charge in [0.1, 0.15) is 6.04 Å². The van der Waals surface area contributed by atoms with Gasteiger partial charge in [0.05, 0.1) is 20.6 Å². The Bertz CT molecular complexity index is 1260. The van der Waals surface area contributed by atoms with Crippen LogP contribution in [-0.4, -0.2) is 43.8 Å². The summed E-state index contributed by atoms with van der Waals surface area (Å²) in [5.74, 6) is 1.97. The van der Waals surface area contributed by atoms with Gasteiger partial charge in [0.2, 0.25) is 18.6 Å². The Balaban J connectivity index is 1.49. The molecule has 37 heavy (non-hydrogen) atoms. The summed E-state index contributed by atoms with van der Waals surface area (Å²) in [7, 11) is 3.10. The zero-order chi connectivity index (χ0) is 26.4. The van der Waals surface area contributed by atoms with Gasteiger partial charge >= 0.3 is 0 Å². The Hall–Kier alpha value is -3.91. The largest absolute Gasteiger partial charge is 0.493 e. The standard InChI is InChI=1S/C28H29ClN2O6/c1-18(28(33)30-15-21-7-11-24-26(13-21)37-17-36-24)31(16-19-4-8-22(29)9-5-19)27(32)14-20-6-10-23(34-2)25(12-20)35-3/h4-13,18H,14-17H2,1-3H3,(H,30,33)/t18-/m1/s1. The maximum absolute atomic E-state index is 13.5. The molecule has 2 amide bonds. The molecule has 1 atom stereocenters. The molecule has 9 heteroatoms. The van der Waals surface area contributed by atoms with Crippen molar-refractivity contribution < 1.29 is 28.5 Å². The number of rotatable bonds is 10. The molecule has 1 heterocycles. The van der Waals surface area contributed by atoms with Crippen LogP contribution < -0.4 is 24.3 Å². The molecule has 0 spiro atoms. The number of hydrogen-bond donors (Lipinski definition) is 1. The van der Waals surface area contributed by atoms with E-state index in [2.05, 4.69) is 5.32 Å². The van der Waals surface area contributed by atoms with Gasteiger partial charge in [0.15, 0.2) is 23.0 Å². The third kappa shape index (κ3) is 6.46. The Morgan fingerprint density at radius 1 is 0.919 bits per heavy atom. The van der Waals surface area contributed by atoms with Crippen molar-refractivity contribution in [1.82, 2.24) is 10.2 Å². The molecule has 0 aliphatic carbocycles. The van der Waals surface area contributed by atoms with E-state index in [1.165, 1.54) is 0 Å². The molecule has 0 saturated carbocycles. The van der Waals surface area contributed by atoms with Gasteiger partial charge in [-0.15, -0.1) is 0 Å². The van der Waals surface area contributed by atoms with Crippen molar-refractivity contribution in [2.45, 2.75) is 32.5 Å². The summed E-state index contributed by atoms with van der Waals surface area (Å²) in [6.07, 6.45) is 0.0910. The van der Waals surface area contributed by atoms with Crippen LogP contribution in [0.3, 0.4) is 0 Å². The molecule has 4 rings (SSSR count). The van der Waals surface area contributed by atoms with E-state index in [9.17, 15) is 9.59 Å². The second kappa shape index (κ2) is 11.9. The summed E-state index contributed by atoms with van der Waals surface area (Å²) in [6, 6.07) is 17.3. The fourth-order valence-electron chi connectivity index (χ4n) is 4.02. The third-order valence-corrected chi connectivity index (χ3v) is 6.39.